The Kier molecular flexibility index (Phi) is 6.49. The van der Waals surface area contributed by atoms with E-state index < -0.39 is 0 Å². The first-order chi connectivity index (χ1) is 15.5. The Balaban J connectivity index is 1.31. The van der Waals surface area contributed by atoms with Crippen molar-refractivity contribution in [1.82, 2.24) is 15.4 Å². The van der Waals surface area contributed by atoms with Crippen molar-refractivity contribution in [2.24, 2.45) is 0 Å². The molecule has 1 aliphatic rings. The lowest BCUT2D eigenvalue weighted by Gasteiger charge is -2.31. The van der Waals surface area contributed by atoms with Gasteiger partial charge in [-0.2, -0.15) is 0 Å². The van der Waals surface area contributed by atoms with Crippen molar-refractivity contribution in [3.63, 3.8) is 0 Å². The number of likely N-dealkylation sites (tertiary alicyclic amines) is 1. The molecule has 4 rings (SSSR count). The molecule has 0 radical (unpaired) electrons. The second kappa shape index (κ2) is 9.64. The Labute approximate surface area is 185 Å². The minimum atomic E-state index is -0.376. The highest BCUT2D eigenvalue weighted by Crippen LogP contribution is 2.28. The normalized spacial score (nSPS) is 14.2. The number of hydrogen-bond acceptors (Lipinski definition) is 5. The first-order valence-corrected chi connectivity index (χ1v) is 10.5. The van der Waals surface area contributed by atoms with Gasteiger partial charge in [-0.1, -0.05) is 23.4 Å². The van der Waals surface area contributed by atoms with Gasteiger partial charge in [0.2, 0.25) is 5.76 Å². The smallest absolute Gasteiger partial charge is 0.290 e. The van der Waals surface area contributed by atoms with E-state index in [2.05, 4.69) is 10.5 Å². The number of nitrogens with zero attached hydrogens (tertiary/aromatic N) is 2. The number of amides is 2. The summed E-state index contributed by atoms with van der Waals surface area (Å²) in [4.78, 5) is 26.9. The molecule has 0 saturated carbocycles. The van der Waals surface area contributed by atoms with Crippen molar-refractivity contribution in [3.8, 4) is 5.75 Å². The Bertz CT molecular complexity index is 1090. The first kappa shape index (κ1) is 21.5. The van der Waals surface area contributed by atoms with Crippen LogP contribution in [0.15, 0.2) is 59.1 Å². The molecule has 8 heteroatoms. The SMILES string of the molecule is COc1cccc(C(=O)N2CCC(c3cc(C(=O)NCc4ccc(F)cc4)on3)CC2)c1. The van der Waals surface area contributed by atoms with Crippen molar-refractivity contribution in [3.05, 3.63) is 83.0 Å². The summed E-state index contributed by atoms with van der Waals surface area (Å²) in [5.41, 5.74) is 2.10. The minimum absolute atomic E-state index is 0.0247. The number of carbonyl (C=O) groups excluding carboxylic acids is 2. The number of halogens is 1. The predicted octanol–water partition coefficient (Wildman–Crippen LogP) is 3.77. The van der Waals surface area contributed by atoms with E-state index in [0.29, 0.717) is 30.1 Å². The zero-order valence-electron chi connectivity index (χ0n) is 17.7. The van der Waals surface area contributed by atoms with Crippen molar-refractivity contribution in [2.75, 3.05) is 20.2 Å². The van der Waals surface area contributed by atoms with Crippen LogP contribution in [0.2, 0.25) is 0 Å². The number of benzene rings is 2. The van der Waals surface area contributed by atoms with Crippen LogP contribution in [0.4, 0.5) is 4.39 Å². The van der Waals surface area contributed by atoms with Gasteiger partial charge in [-0.15, -0.1) is 0 Å². The van der Waals surface area contributed by atoms with Gasteiger partial charge in [0.15, 0.2) is 0 Å². The third-order valence-corrected chi connectivity index (χ3v) is 5.64. The lowest BCUT2D eigenvalue weighted by Crippen LogP contribution is -2.38. The molecule has 0 unspecified atom stereocenters. The molecule has 1 saturated heterocycles. The fourth-order valence-electron chi connectivity index (χ4n) is 3.78. The van der Waals surface area contributed by atoms with E-state index in [1.54, 1.807) is 49.6 Å². The van der Waals surface area contributed by atoms with E-state index in [9.17, 15) is 14.0 Å². The van der Waals surface area contributed by atoms with Crippen molar-refractivity contribution < 1.29 is 23.2 Å². The number of piperidine rings is 1. The number of methoxy groups -OCH3 is 1. The second-order valence-electron chi connectivity index (χ2n) is 7.72. The molecule has 0 bridgehead atoms. The molecule has 1 aliphatic heterocycles. The minimum Gasteiger partial charge on any atom is -0.497 e. The van der Waals surface area contributed by atoms with Gasteiger partial charge in [-0.3, -0.25) is 9.59 Å². The molecule has 1 aromatic heterocycles. The number of rotatable bonds is 6. The standard InChI is InChI=1S/C24H24FN3O4/c1-31-20-4-2-3-18(13-20)24(30)28-11-9-17(10-12-28)21-14-22(32-27-21)23(29)26-15-16-5-7-19(25)8-6-16/h2-8,13-14,17H,9-12,15H2,1H3,(H,26,29). The van der Waals surface area contributed by atoms with Gasteiger partial charge in [0.25, 0.3) is 11.8 Å². The summed E-state index contributed by atoms with van der Waals surface area (Å²) in [5.74, 6) is 0.181. The Morgan fingerprint density at radius 2 is 1.91 bits per heavy atom. The fourth-order valence-corrected chi connectivity index (χ4v) is 3.78. The maximum absolute atomic E-state index is 13.0. The molecule has 1 fully saturated rings. The highest BCUT2D eigenvalue weighted by Gasteiger charge is 2.27. The van der Waals surface area contributed by atoms with Crippen LogP contribution >= 0.6 is 0 Å². The number of hydrogen-bond donors (Lipinski definition) is 1. The Morgan fingerprint density at radius 3 is 2.62 bits per heavy atom. The molecule has 0 spiro atoms. The molecule has 1 N–H and O–H groups in total. The summed E-state index contributed by atoms with van der Waals surface area (Å²) in [6.07, 6.45) is 1.47. The molecule has 2 heterocycles. The van der Waals surface area contributed by atoms with Crippen LogP contribution in [-0.4, -0.2) is 42.1 Å². The average Bonchev–Trinajstić information content (AvgIpc) is 3.34. The largest absolute Gasteiger partial charge is 0.497 e. The lowest BCUT2D eigenvalue weighted by molar-refractivity contribution is 0.0710. The van der Waals surface area contributed by atoms with Gasteiger partial charge in [0, 0.05) is 37.2 Å². The van der Waals surface area contributed by atoms with E-state index in [4.69, 9.17) is 9.26 Å². The molecule has 2 aromatic carbocycles. The summed E-state index contributed by atoms with van der Waals surface area (Å²) in [6, 6.07) is 14.7. The maximum atomic E-state index is 13.0. The Hall–Kier alpha value is -3.68. The fraction of sp³-hybridized carbons (Fsp3) is 0.292. The van der Waals surface area contributed by atoms with Crippen LogP contribution in [0.1, 0.15) is 50.9 Å². The van der Waals surface area contributed by atoms with E-state index in [0.717, 1.165) is 18.4 Å². The van der Waals surface area contributed by atoms with Crippen molar-refractivity contribution >= 4 is 11.8 Å². The highest BCUT2D eigenvalue weighted by atomic mass is 19.1. The number of carbonyl (C=O) groups is 2. The summed E-state index contributed by atoms with van der Waals surface area (Å²) in [5, 5.41) is 6.82. The predicted molar refractivity (Wildman–Crippen MR) is 115 cm³/mol. The quantitative estimate of drug-likeness (QED) is 0.635. The third-order valence-electron chi connectivity index (χ3n) is 5.64. The van der Waals surface area contributed by atoms with Gasteiger partial charge < -0.3 is 19.5 Å². The average molecular weight is 437 g/mol. The molecular weight excluding hydrogens is 413 g/mol. The van der Waals surface area contributed by atoms with Crippen molar-refractivity contribution in [2.45, 2.75) is 25.3 Å². The molecule has 32 heavy (non-hydrogen) atoms. The zero-order valence-corrected chi connectivity index (χ0v) is 17.7. The van der Waals surface area contributed by atoms with Crippen LogP contribution in [-0.2, 0) is 6.54 Å². The summed E-state index contributed by atoms with van der Waals surface area (Å²) in [7, 11) is 1.57. The summed E-state index contributed by atoms with van der Waals surface area (Å²) in [6.45, 7) is 1.46. The zero-order chi connectivity index (χ0) is 22.5. The first-order valence-electron chi connectivity index (χ1n) is 10.5. The van der Waals surface area contributed by atoms with Gasteiger partial charge in [0.05, 0.1) is 12.8 Å². The van der Waals surface area contributed by atoms with Gasteiger partial charge in [-0.05, 0) is 48.7 Å². The molecule has 166 valence electrons. The van der Waals surface area contributed by atoms with E-state index in [1.807, 2.05) is 4.90 Å². The number of aromatic nitrogens is 1. The summed E-state index contributed by atoms with van der Waals surface area (Å²) < 4.78 is 23.4. The van der Waals surface area contributed by atoms with Crippen molar-refractivity contribution in [1.29, 1.82) is 0 Å². The molecule has 7 nitrogen and oxygen atoms in total. The lowest BCUT2D eigenvalue weighted by atomic mass is 9.93. The topological polar surface area (TPSA) is 84.7 Å². The monoisotopic (exact) mass is 437 g/mol. The van der Waals surface area contributed by atoms with Gasteiger partial charge in [0.1, 0.15) is 11.6 Å². The highest BCUT2D eigenvalue weighted by molar-refractivity contribution is 5.94. The van der Waals surface area contributed by atoms with E-state index >= 15 is 0 Å². The van der Waals surface area contributed by atoms with Crippen LogP contribution in [0, 0.1) is 5.82 Å². The summed E-state index contributed by atoms with van der Waals surface area (Å²) >= 11 is 0. The van der Waals surface area contributed by atoms with Gasteiger partial charge >= 0.3 is 0 Å². The third kappa shape index (κ3) is 4.96. The van der Waals surface area contributed by atoms with Gasteiger partial charge in [-0.25, -0.2) is 4.39 Å². The molecule has 2 amide bonds. The Morgan fingerprint density at radius 1 is 1.16 bits per heavy atom. The van der Waals surface area contributed by atoms with Crippen LogP contribution in [0.5, 0.6) is 5.75 Å². The number of nitrogens with one attached hydrogen (secondary N) is 1. The van der Waals surface area contributed by atoms with E-state index in [1.165, 1.54) is 12.1 Å². The second-order valence-corrected chi connectivity index (χ2v) is 7.72. The maximum Gasteiger partial charge on any atom is 0.290 e. The van der Waals surface area contributed by atoms with E-state index in [-0.39, 0.29) is 35.9 Å². The number of ether oxygens (including phenoxy) is 1. The molecular formula is C24H24FN3O4. The van der Waals surface area contributed by atoms with Crippen LogP contribution < -0.4 is 10.1 Å². The molecule has 0 aliphatic carbocycles. The van der Waals surface area contributed by atoms with Crippen LogP contribution in [0.25, 0.3) is 0 Å². The van der Waals surface area contributed by atoms with Crippen LogP contribution in [0.3, 0.4) is 0 Å². The molecule has 0 atom stereocenters. The molecule has 3 aromatic rings.